The van der Waals surface area contributed by atoms with Crippen molar-refractivity contribution >= 4 is 29.9 Å². The van der Waals surface area contributed by atoms with Crippen LogP contribution in [0.15, 0.2) is 29.3 Å². The van der Waals surface area contributed by atoms with Gasteiger partial charge in [0.15, 0.2) is 5.96 Å². The Morgan fingerprint density at radius 1 is 1.23 bits per heavy atom. The minimum Gasteiger partial charge on any atom is -0.405 e. The summed E-state index contributed by atoms with van der Waals surface area (Å²) in [6.07, 6.45) is -1.76. The van der Waals surface area contributed by atoms with Crippen LogP contribution in [0, 0.1) is 0 Å². The quantitative estimate of drug-likeness (QED) is 0.340. The van der Waals surface area contributed by atoms with Gasteiger partial charge in [-0.1, -0.05) is 18.2 Å². The first-order chi connectivity index (χ1) is 14.4. The third-order valence-corrected chi connectivity index (χ3v) is 5.73. The number of para-hydroxylation sites is 1. The van der Waals surface area contributed by atoms with Crippen LogP contribution in [0.4, 0.5) is 13.2 Å². The van der Waals surface area contributed by atoms with Crippen molar-refractivity contribution in [3.8, 4) is 5.75 Å². The van der Waals surface area contributed by atoms with Gasteiger partial charge in [0, 0.05) is 38.2 Å². The van der Waals surface area contributed by atoms with Crippen molar-refractivity contribution in [2.75, 3.05) is 32.8 Å². The Balaban J connectivity index is 0.00000272. The molecule has 4 rings (SSSR count). The van der Waals surface area contributed by atoms with E-state index in [1.165, 1.54) is 6.07 Å². The molecule has 1 aromatic rings. The van der Waals surface area contributed by atoms with E-state index in [2.05, 4.69) is 19.9 Å². The van der Waals surface area contributed by atoms with Gasteiger partial charge in [0.1, 0.15) is 11.9 Å². The van der Waals surface area contributed by atoms with E-state index < -0.39 is 6.36 Å². The molecule has 31 heavy (non-hydrogen) atoms. The molecule has 3 aliphatic rings. The molecule has 6 nitrogen and oxygen atoms in total. The molecule has 0 spiro atoms. The molecule has 3 fully saturated rings. The predicted octanol–water partition coefficient (Wildman–Crippen LogP) is 3.90. The van der Waals surface area contributed by atoms with Crippen molar-refractivity contribution in [2.24, 2.45) is 4.99 Å². The SMILES string of the molecule is CCN=C(NC1CC1c1ccccc1OC(F)(F)F)N1CCOC(C2CCCO2)C1.I. The summed E-state index contributed by atoms with van der Waals surface area (Å²) in [6, 6.07) is 6.39. The zero-order chi connectivity index (χ0) is 21.1. The highest BCUT2D eigenvalue weighted by molar-refractivity contribution is 14.0. The van der Waals surface area contributed by atoms with Crippen LogP contribution in [0.5, 0.6) is 5.75 Å². The summed E-state index contributed by atoms with van der Waals surface area (Å²) < 4.78 is 54.1. The van der Waals surface area contributed by atoms with Crippen LogP contribution in [0.1, 0.15) is 37.7 Å². The van der Waals surface area contributed by atoms with Gasteiger partial charge in [-0.3, -0.25) is 4.99 Å². The summed E-state index contributed by atoms with van der Waals surface area (Å²) in [6.45, 7) is 5.39. The lowest BCUT2D eigenvalue weighted by Crippen LogP contribution is -2.53. The molecule has 1 N–H and O–H groups in total. The van der Waals surface area contributed by atoms with Gasteiger partial charge in [-0.2, -0.15) is 0 Å². The van der Waals surface area contributed by atoms with E-state index in [1.807, 2.05) is 6.92 Å². The highest BCUT2D eigenvalue weighted by Gasteiger charge is 2.43. The van der Waals surface area contributed by atoms with Gasteiger partial charge in [0.2, 0.25) is 0 Å². The third-order valence-electron chi connectivity index (χ3n) is 5.73. The van der Waals surface area contributed by atoms with E-state index in [-0.39, 0.29) is 53.9 Å². The number of nitrogens with zero attached hydrogens (tertiary/aromatic N) is 2. The maximum Gasteiger partial charge on any atom is 0.573 e. The van der Waals surface area contributed by atoms with E-state index in [0.717, 1.165) is 38.4 Å². The molecular formula is C21H29F3IN3O3. The number of ether oxygens (including phenoxy) is 3. The second kappa shape index (κ2) is 10.6. The number of aliphatic imine (C=N–C) groups is 1. The van der Waals surface area contributed by atoms with Gasteiger partial charge < -0.3 is 24.4 Å². The molecule has 0 radical (unpaired) electrons. The molecule has 0 amide bonds. The Morgan fingerprint density at radius 3 is 2.71 bits per heavy atom. The van der Waals surface area contributed by atoms with Crippen LogP contribution in [-0.2, 0) is 9.47 Å². The van der Waals surface area contributed by atoms with Gasteiger partial charge in [0.25, 0.3) is 0 Å². The molecule has 2 aliphatic heterocycles. The average Bonchev–Trinajstić information content (AvgIpc) is 3.24. The molecule has 4 atom stereocenters. The fraction of sp³-hybridized carbons (Fsp3) is 0.667. The van der Waals surface area contributed by atoms with Crippen LogP contribution in [0.3, 0.4) is 0 Å². The monoisotopic (exact) mass is 555 g/mol. The first kappa shape index (κ1) is 24.4. The number of benzene rings is 1. The van der Waals surface area contributed by atoms with Crippen molar-refractivity contribution in [2.45, 2.75) is 56.7 Å². The lowest BCUT2D eigenvalue weighted by molar-refractivity contribution is -0.274. The Bertz CT molecular complexity index is 759. The summed E-state index contributed by atoms with van der Waals surface area (Å²) >= 11 is 0. The minimum absolute atomic E-state index is 0. The zero-order valence-corrected chi connectivity index (χ0v) is 19.8. The summed E-state index contributed by atoms with van der Waals surface area (Å²) in [5, 5.41) is 3.45. The van der Waals surface area contributed by atoms with E-state index in [4.69, 9.17) is 9.47 Å². The fourth-order valence-corrected chi connectivity index (χ4v) is 4.24. The molecule has 10 heteroatoms. The van der Waals surface area contributed by atoms with Gasteiger partial charge in [-0.05, 0) is 37.8 Å². The summed E-state index contributed by atoms with van der Waals surface area (Å²) in [5.74, 6) is 0.615. The normalized spacial score (nSPS) is 28.8. The second-order valence-corrected chi connectivity index (χ2v) is 7.88. The van der Waals surface area contributed by atoms with E-state index >= 15 is 0 Å². The first-order valence-corrected chi connectivity index (χ1v) is 10.6. The Kier molecular flexibility index (Phi) is 8.31. The van der Waals surface area contributed by atoms with Crippen LogP contribution in [-0.4, -0.2) is 68.3 Å². The smallest absolute Gasteiger partial charge is 0.405 e. The maximum absolute atomic E-state index is 12.7. The Morgan fingerprint density at radius 2 is 2.00 bits per heavy atom. The molecule has 4 unspecified atom stereocenters. The van der Waals surface area contributed by atoms with Gasteiger partial charge in [-0.15, -0.1) is 37.1 Å². The van der Waals surface area contributed by atoms with Crippen LogP contribution < -0.4 is 10.1 Å². The Labute approximate surface area is 197 Å². The second-order valence-electron chi connectivity index (χ2n) is 7.88. The molecule has 174 valence electrons. The number of morpholine rings is 1. The van der Waals surface area contributed by atoms with Crippen molar-refractivity contribution in [1.29, 1.82) is 0 Å². The summed E-state index contributed by atoms with van der Waals surface area (Å²) in [7, 11) is 0. The zero-order valence-electron chi connectivity index (χ0n) is 17.4. The topological polar surface area (TPSA) is 55.3 Å². The minimum atomic E-state index is -4.70. The molecular weight excluding hydrogens is 526 g/mol. The summed E-state index contributed by atoms with van der Waals surface area (Å²) in [4.78, 5) is 6.80. The molecule has 2 saturated heterocycles. The number of alkyl halides is 3. The van der Waals surface area contributed by atoms with Gasteiger partial charge in [0.05, 0.1) is 12.7 Å². The molecule has 0 bridgehead atoms. The van der Waals surface area contributed by atoms with E-state index in [9.17, 15) is 13.2 Å². The number of hydrogen-bond donors (Lipinski definition) is 1. The van der Waals surface area contributed by atoms with Crippen LogP contribution >= 0.6 is 24.0 Å². The highest BCUT2D eigenvalue weighted by Crippen LogP contribution is 2.45. The van der Waals surface area contributed by atoms with Gasteiger partial charge in [-0.25, -0.2) is 0 Å². The molecule has 1 aromatic carbocycles. The fourth-order valence-electron chi connectivity index (χ4n) is 4.24. The first-order valence-electron chi connectivity index (χ1n) is 10.6. The van der Waals surface area contributed by atoms with Crippen LogP contribution in [0.2, 0.25) is 0 Å². The average molecular weight is 555 g/mol. The van der Waals surface area contributed by atoms with Crippen molar-refractivity contribution in [3.63, 3.8) is 0 Å². The molecule has 1 saturated carbocycles. The Hall–Kier alpha value is -1.27. The van der Waals surface area contributed by atoms with E-state index in [1.54, 1.807) is 18.2 Å². The van der Waals surface area contributed by atoms with Gasteiger partial charge >= 0.3 is 6.36 Å². The van der Waals surface area contributed by atoms with Crippen molar-refractivity contribution in [3.05, 3.63) is 29.8 Å². The third kappa shape index (κ3) is 6.38. The van der Waals surface area contributed by atoms with E-state index in [0.29, 0.717) is 25.3 Å². The number of guanidine groups is 1. The van der Waals surface area contributed by atoms with Crippen molar-refractivity contribution in [1.82, 2.24) is 10.2 Å². The number of hydrogen-bond acceptors (Lipinski definition) is 4. The molecule has 0 aromatic heterocycles. The number of nitrogens with one attached hydrogen (secondary N) is 1. The molecule has 1 aliphatic carbocycles. The van der Waals surface area contributed by atoms with Crippen molar-refractivity contribution < 1.29 is 27.4 Å². The molecule has 2 heterocycles. The highest BCUT2D eigenvalue weighted by atomic mass is 127. The lowest BCUT2D eigenvalue weighted by Gasteiger charge is -2.37. The lowest BCUT2D eigenvalue weighted by atomic mass is 10.1. The standard InChI is InChI=1S/C21H28F3N3O3.HI/c1-2-25-20(27-9-11-29-19(13-27)18-8-5-10-28-18)26-16-12-15(16)14-6-3-4-7-17(14)30-21(22,23)24;/h3-4,6-7,15-16,18-19H,2,5,8-13H2,1H3,(H,25,26);1H. The largest absolute Gasteiger partial charge is 0.573 e. The summed E-state index contributed by atoms with van der Waals surface area (Å²) in [5.41, 5.74) is 0.572. The number of halogens is 4. The predicted molar refractivity (Wildman–Crippen MR) is 121 cm³/mol. The maximum atomic E-state index is 12.7. The van der Waals surface area contributed by atoms with Crippen LogP contribution in [0.25, 0.3) is 0 Å². The number of rotatable bonds is 5.